The van der Waals surface area contributed by atoms with Crippen molar-refractivity contribution >= 4 is 40.5 Å². The van der Waals surface area contributed by atoms with Crippen LogP contribution in [0.15, 0.2) is 48.7 Å². The van der Waals surface area contributed by atoms with Crippen LogP contribution in [0.4, 0.5) is 23.0 Å². The average molecular weight is 435 g/mol. The second-order valence-electron chi connectivity index (χ2n) is 7.95. The number of rotatable bonds is 3. The lowest BCUT2D eigenvalue weighted by Gasteiger charge is -2.34. The van der Waals surface area contributed by atoms with Gasteiger partial charge in [0.25, 0.3) is 0 Å². The molecule has 0 atom stereocenters. The van der Waals surface area contributed by atoms with Gasteiger partial charge in [-0.3, -0.25) is 4.79 Å². The number of carbonyl (C=O) groups is 1. The largest absolute Gasteiger partial charge is 0.369 e. The highest BCUT2D eigenvalue weighted by atomic mass is 35.5. The number of anilines is 4. The van der Waals surface area contributed by atoms with Gasteiger partial charge in [-0.1, -0.05) is 17.7 Å². The number of halogens is 1. The Labute approximate surface area is 186 Å². The fourth-order valence-corrected chi connectivity index (χ4v) is 4.17. The molecule has 5 rings (SSSR count). The Morgan fingerprint density at radius 1 is 1.10 bits per heavy atom. The molecular formula is C23H23ClN6O. The summed E-state index contributed by atoms with van der Waals surface area (Å²) in [5.41, 5.74) is 5.13. The van der Waals surface area contributed by atoms with Gasteiger partial charge in [-0.2, -0.15) is 0 Å². The van der Waals surface area contributed by atoms with E-state index in [-0.39, 0.29) is 12.3 Å². The van der Waals surface area contributed by atoms with Crippen LogP contribution in [0.3, 0.4) is 0 Å². The van der Waals surface area contributed by atoms with Crippen molar-refractivity contribution in [1.82, 2.24) is 14.9 Å². The lowest BCUT2D eigenvalue weighted by molar-refractivity contribution is -0.115. The van der Waals surface area contributed by atoms with Crippen molar-refractivity contribution in [1.29, 1.82) is 0 Å². The van der Waals surface area contributed by atoms with Gasteiger partial charge in [-0.15, -0.1) is 0 Å². The third kappa shape index (κ3) is 4.19. The molecular weight excluding hydrogens is 412 g/mol. The Hall–Kier alpha value is -3.16. The minimum absolute atomic E-state index is 0.105. The van der Waals surface area contributed by atoms with Gasteiger partial charge >= 0.3 is 0 Å². The molecule has 3 heterocycles. The number of hydrogen-bond donors (Lipinski definition) is 2. The monoisotopic (exact) mass is 434 g/mol. The number of hydrogen-bond acceptors (Lipinski definition) is 6. The third-order valence-electron chi connectivity index (χ3n) is 5.70. The first-order valence-corrected chi connectivity index (χ1v) is 10.7. The van der Waals surface area contributed by atoms with E-state index in [0.717, 1.165) is 48.7 Å². The molecule has 2 aromatic carbocycles. The molecule has 8 heteroatoms. The summed E-state index contributed by atoms with van der Waals surface area (Å²) in [5, 5.41) is 6.80. The van der Waals surface area contributed by atoms with Crippen LogP contribution in [0.25, 0.3) is 11.3 Å². The Morgan fingerprint density at radius 3 is 2.77 bits per heavy atom. The molecule has 1 saturated heterocycles. The molecule has 0 aliphatic carbocycles. The maximum Gasteiger partial charge on any atom is 0.228 e. The van der Waals surface area contributed by atoms with Gasteiger partial charge in [-0.25, -0.2) is 9.97 Å². The molecule has 2 aliphatic heterocycles. The summed E-state index contributed by atoms with van der Waals surface area (Å²) in [6.07, 6.45) is 1.94. The van der Waals surface area contributed by atoms with Crippen LogP contribution >= 0.6 is 11.6 Å². The van der Waals surface area contributed by atoms with Crippen molar-refractivity contribution in [2.24, 2.45) is 0 Å². The summed E-state index contributed by atoms with van der Waals surface area (Å²) in [5.74, 6) is 0.385. The number of fused-ring (bicyclic) bond motifs is 3. The van der Waals surface area contributed by atoms with E-state index in [4.69, 9.17) is 16.6 Å². The zero-order valence-corrected chi connectivity index (χ0v) is 18.0. The third-order valence-corrected chi connectivity index (χ3v) is 5.93. The molecule has 7 nitrogen and oxygen atoms in total. The molecule has 0 unspecified atom stereocenters. The predicted molar refractivity (Wildman–Crippen MR) is 124 cm³/mol. The summed E-state index contributed by atoms with van der Waals surface area (Å²) >= 11 is 6.13. The van der Waals surface area contributed by atoms with Crippen LogP contribution in [0.5, 0.6) is 0 Å². The number of nitrogens with zero attached hydrogens (tertiary/aromatic N) is 4. The quantitative estimate of drug-likeness (QED) is 0.653. The molecule has 0 saturated carbocycles. The van der Waals surface area contributed by atoms with E-state index in [1.54, 1.807) is 18.3 Å². The molecule has 1 aromatic heterocycles. The molecule has 0 radical (unpaired) electrons. The molecule has 1 fully saturated rings. The van der Waals surface area contributed by atoms with Crippen LogP contribution in [-0.4, -0.2) is 54.0 Å². The van der Waals surface area contributed by atoms with Gasteiger partial charge in [-0.05, 0) is 43.4 Å². The Bertz CT molecular complexity index is 1140. The Kier molecular flexibility index (Phi) is 5.21. The van der Waals surface area contributed by atoms with Crippen LogP contribution in [0.2, 0.25) is 5.02 Å². The summed E-state index contributed by atoms with van der Waals surface area (Å²) in [4.78, 5) is 26.2. The van der Waals surface area contributed by atoms with Crippen molar-refractivity contribution in [3.63, 3.8) is 0 Å². The normalized spacial score (nSPS) is 16.2. The number of piperazine rings is 1. The Balaban J connectivity index is 1.44. The molecule has 158 valence electrons. The van der Waals surface area contributed by atoms with Crippen molar-refractivity contribution in [2.45, 2.75) is 6.42 Å². The predicted octanol–water partition coefficient (Wildman–Crippen LogP) is 3.79. The van der Waals surface area contributed by atoms with E-state index in [9.17, 15) is 4.79 Å². The first-order chi connectivity index (χ1) is 15.0. The minimum atomic E-state index is -0.105. The lowest BCUT2D eigenvalue weighted by Crippen LogP contribution is -2.44. The number of aromatic nitrogens is 2. The van der Waals surface area contributed by atoms with E-state index >= 15 is 0 Å². The summed E-state index contributed by atoms with van der Waals surface area (Å²) in [7, 11) is 2.15. The maximum atomic E-state index is 12.3. The highest BCUT2D eigenvalue weighted by Gasteiger charge is 2.21. The molecule has 0 spiro atoms. The van der Waals surface area contributed by atoms with E-state index in [1.807, 2.05) is 18.2 Å². The number of nitrogens with one attached hydrogen (secondary N) is 2. The molecule has 2 N–H and O–H groups in total. The fraction of sp³-hybridized carbons (Fsp3) is 0.261. The van der Waals surface area contributed by atoms with Crippen LogP contribution in [0, 0.1) is 0 Å². The molecule has 3 aromatic rings. The lowest BCUT2D eigenvalue weighted by atomic mass is 10.1. The van der Waals surface area contributed by atoms with Gasteiger partial charge in [0.05, 0.1) is 17.8 Å². The average Bonchev–Trinajstić information content (AvgIpc) is 2.89. The summed E-state index contributed by atoms with van der Waals surface area (Å²) in [6, 6.07) is 13.7. The van der Waals surface area contributed by atoms with Gasteiger partial charge in [0, 0.05) is 59.9 Å². The number of carbonyl (C=O) groups excluding carboxylic acids is 1. The van der Waals surface area contributed by atoms with Crippen molar-refractivity contribution in [2.75, 3.05) is 48.8 Å². The first-order valence-electron chi connectivity index (χ1n) is 10.3. The number of likely N-dealkylation sites (N-methyl/N-ethyl adjacent to an activating group) is 1. The summed E-state index contributed by atoms with van der Waals surface area (Å²) < 4.78 is 0. The van der Waals surface area contributed by atoms with Gasteiger partial charge in [0.15, 0.2) is 0 Å². The Morgan fingerprint density at radius 2 is 1.94 bits per heavy atom. The van der Waals surface area contributed by atoms with Gasteiger partial charge < -0.3 is 20.4 Å². The zero-order chi connectivity index (χ0) is 21.4. The van der Waals surface area contributed by atoms with E-state index < -0.39 is 0 Å². The second kappa shape index (κ2) is 8.17. The van der Waals surface area contributed by atoms with Crippen LogP contribution < -0.4 is 15.5 Å². The first kappa shape index (κ1) is 19.8. The van der Waals surface area contributed by atoms with Gasteiger partial charge in [0.1, 0.15) is 0 Å². The van der Waals surface area contributed by atoms with E-state index in [0.29, 0.717) is 16.7 Å². The zero-order valence-electron chi connectivity index (χ0n) is 17.2. The second-order valence-corrected chi connectivity index (χ2v) is 8.38. The number of amides is 1. The van der Waals surface area contributed by atoms with Crippen molar-refractivity contribution in [3.8, 4) is 11.3 Å². The van der Waals surface area contributed by atoms with Crippen LogP contribution in [-0.2, 0) is 11.2 Å². The molecule has 31 heavy (non-hydrogen) atoms. The molecule has 0 bridgehead atoms. The standard InChI is InChI=1S/C23H23ClN6O/c1-29-7-9-30(10-8-29)18-4-2-3-17(13-18)26-23-25-14-15-11-21(31)27-20-12-16(24)5-6-19(20)22(15)28-23/h2-6,12-14H,7-11H2,1H3,(H,27,31)(H,25,26,28). The van der Waals surface area contributed by atoms with Crippen molar-refractivity contribution in [3.05, 3.63) is 59.2 Å². The van der Waals surface area contributed by atoms with Crippen molar-refractivity contribution < 1.29 is 4.79 Å². The molecule has 2 aliphatic rings. The maximum absolute atomic E-state index is 12.3. The minimum Gasteiger partial charge on any atom is -0.369 e. The van der Waals surface area contributed by atoms with Crippen LogP contribution in [0.1, 0.15) is 5.56 Å². The highest BCUT2D eigenvalue weighted by molar-refractivity contribution is 6.31. The van der Waals surface area contributed by atoms with E-state index in [1.165, 1.54) is 5.69 Å². The fourth-order valence-electron chi connectivity index (χ4n) is 4.00. The van der Waals surface area contributed by atoms with Gasteiger partial charge in [0.2, 0.25) is 11.9 Å². The molecule has 1 amide bonds. The SMILES string of the molecule is CN1CCN(c2cccc(Nc3ncc4c(n3)-c3ccc(Cl)cc3NC(=O)C4)c2)CC1. The smallest absolute Gasteiger partial charge is 0.228 e. The number of benzene rings is 2. The summed E-state index contributed by atoms with van der Waals surface area (Å²) in [6.45, 7) is 4.13. The van der Waals surface area contributed by atoms with E-state index in [2.05, 4.69) is 44.6 Å². The topological polar surface area (TPSA) is 73.4 Å². The highest BCUT2D eigenvalue weighted by Crippen LogP contribution is 2.35.